The quantitative estimate of drug-likeness (QED) is 0.615. The molecule has 1 fully saturated rings. The highest BCUT2D eigenvalue weighted by molar-refractivity contribution is 5.81. The van der Waals surface area contributed by atoms with Gasteiger partial charge in [0.15, 0.2) is 5.82 Å². The van der Waals surface area contributed by atoms with Gasteiger partial charge in [-0.3, -0.25) is 4.79 Å². The summed E-state index contributed by atoms with van der Waals surface area (Å²) in [5, 5.41) is 6.97. The van der Waals surface area contributed by atoms with E-state index < -0.39 is 0 Å². The number of rotatable bonds is 7. The fourth-order valence-corrected chi connectivity index (χ4v) is 2.80. The second kappa shape index (κ2) is 7.81. The van der Waals surface area contributed by atoms with Crippen LogP contribution in [-0.2, 0) is 4.79 Å². The lowest BCUT2D eigenvalue weighted by Crippen LogP contribution is -2.54. The van der Waals surface area contributed by atoms with Crippen LogP contribution >= 0.6 is 0 Å². The highest BCUT2D eigenvalue weighted by atomic mass is 16.5. The largest absolute Gasteiger partial charge is 0.492 e. The first-order valence-electron chi connectivity index (χ1n) is 8.67. The minimum absolute atomic E-state index is 0.0356. The number of para-hydroxylation sites is 1. The third kappa shape index (κ3) is 4.02. The van der Waals surface area contributed by atoms with Crippen molar-refractivity contribution < 1.29 is 9.53 Å². The van der Waals surface area contributed by atoms with Crippen LogP contribution in [0, 0.1) is 5.92 Å². The van der Waals surface area contributed by atoms with E-state index in [4.69, 9.17) is 4.74 Å². The van der Waals surface area contributed by atoms with Crippen LogP contribution in [0.5, 0.6) is 5.75 Å². The van der Waals surface area contributed by atoms with Gasteiger partial charge in [-0.25, -0.2) is 19.6 Å². The number of hydrogen-bond donors (Lipinski definition) is 1. The maximum atomic E-state index is 12.2. The monoisotopic (exact) mass is 365 g/mol. The first-order chi connectivity index (χ1) is 13.3. The number of ether oxygens (including phenoxy) is 1. The second-order valence-corrected chi connectivity index (χ2v) is 6.13. The summed E-state index contributed by atoms with van der Waals surface area (Å²) < 4.78 is 7.14. The van der Waals surface area contributed by atoms with Crippen molar-refractivity contribution in [2.45, 2.75) is 0 Å². The summed E-state index contributed by atoms with van der Waals surface area (Å²) in [5.74, 6) is 2.20. The number of anilines is 1. The zero-order valence-corrected chi connectivity index (χ0v) is 14.6. The van der Waals surface area contributed by atoms with E-state index in [-0.39, 0.29) is 11.8 Å². The molecule has 0 bridgehead atoms. The minimum atomic E-state index is -0.0495. The van der Waals surface area contributed by atoms with Gasteiger partial charge in [-0.2, -0.15) is 5.10 Å². The predicted molar refractivity (Wildman–Crippen MR) is 97.6 cm³/mol. The van der Waals surface area contributed by atoms with Crippen LogP contribution in [0.15, 0.2) is 55.4 Å². The first kappa shape index (κ1) is 17.0. The topological polar surface area (TPSA) is 98.1 Å². The van der Waals surface area contributed by atoms with Crippen LogP contribution in [0.25, 0.3) is 5.82 Å². The van der Waals surface area contributed by atoms with Gasteiger partial charge in [-0.1, -0.05) is 18.2 Å². The molecule has 3 heterocycles. The van der Waals surface area contributed by atoms with E-state index in [1.807, 2.05) is 41.3 Å². The third-order valence-electron chi connectivity index (χ3n) is 4.28. The van der Waals surface area contributed by atoms with E-state index in [1.54, 1.807) is 11.0 Å². The predicted octanol–water partition coefficient (Wildman–Crippen LogP) is 0.689. The number of benzene rings is 1. The number of nitrogens with zero attached hydrogens (tertiary/aromatic N) is 6. The second-order valence-electron chi connectivity index (χ2n) is 6.13. The van der Waals surface area contributed by atoms with Crippen molar-refractivity contribution in [3.05, 3.63) is 55.4 Å². The Kier molecular flexibility index (Phi) is 4.91. The standard InChI is InChI=1S/C18H19N7O2/c26-18(20-6-7-27-15-4-2-1-3-5-15)14-9-24(10-14)16-8-17(22-12-21-16)25-13-19-11-23-25/h1-5,8,11-14H,6-7,9-10H2,(H,20,26). The highest BCUT2D eigenvalue weighted by Crippen LogP contribution is 2.23. The van der Waals surface area contributed by atoms with E-state index in [0.29, 0.717) is 32.1 Å². The lowest BCUT2D eigenvalue weighted by molar-refractivity contribution is -0.125. The minimum Gasteiger partial charge on any atom is -0.492 e. The Morgan fingerprint density at radius 2 is 1.96 bits per heavy atom. The Morgan fingerprint density at radius 3 is 2.74 bits per heavy atom. The molecular formula is C18H19N7O2. The lowest BCUT2D eigenvalue weighted by atomic mass is 9.99. The lowest BCUT2D eigenvalue weighted by Gasteiger charge is -2.39. The number of nitrogens with one attached hydrogen (secondary N) is 1. The summed E-state index contributed by atoms with van der Waals surface area (Å²) in [6.07, 6.45) is 4.52. The Hall–Kier alpha value is -3.49. The van der Waals surface area contributed by atoms with Gasteiger partial charge in [0.25, 0.3) is 0 Å². The molecule has 3 aromatic rings. The smallest absolute Gasteiger partial charge is 0.226 e. The Labute approximate surface area is 156 Å². The molecular weight excluding hydrogens is 346 g/mol. The first-order valence-corrected chi connectivity index (χ1v) is 8.67. The number of aromatic nitrogens is 5. The molecule has 1 saturated heterocycles. The maximum Gasteiger partial charge on any atom is 0.226 e. The number of hydrogen-bond acceptors (Lipinski definition) is 7. The average Bonchev–Trinajstić information content (AvgIpc) is 3.20. The normalized spacial score (nSPS) is 13.9. The summed E-state index contributed by atoms with van der Waals surface area (Å²) in [7, 11) is 0. The molecule has 9 heteroatoms. The van der Waals surface area contributed by atoms with Gasteiger partial charge in [0.1, 0.15) is 37.2 Å². The van der Waals surface area contributed by atoms with Crippen molar-refractivity contribution in [1.82, 2.24) is 30.0 Å². The molecule has 27 heavy (non-hydrogen) atoms. The average molecular weight is 365 g/mol. The van der Waals surface area contributed by atoms with Crippen molar-refractivity contribution >= 4 is 11.7 Å². The molecule has 138 valence electrons. The molecule has 1 aliphatic heterocycles. The summed E-state index contributed by atoms with van der Waals surface area (Å²) in [6.45, 7) is 2.17. The van der Waals surface area contributed by atoms with Gasteiger partial charge in [0, 0.05) is 19.2 Å². The van der Waals surface area contributed by atoms with E-state index in [1.165, 1.54) is 12.7 Å². The van der Waals surface area contributed by atoms with Crippen molar-refractivity contribution in [2.24, 2.45) is 5.92 Å². The van der Waals surface area contributed by atoms with Gasteiger partial charge in [-0.15, -0.1) is 0 Å². The van der Waals surface area contributed by atoms with Gasteiger partial charge in [0.05, 0.1) is 12.5 Å². The number of amides is 1. The molecule has 1 aliphatic rings. The summed E-state index contributed by atoms with van der Waals surface area (Å²) in [4.78, 5) is 26.6. The molecule has 0 aliphatic carbocycles. The van der Waals surface area contributed by atoms with Crippen molar-refractivity contribution in [3.63, 3.8) is 0 Å². The summed E-state index contributed by atoms with van der Waals surface area (Å²) in [5.41, 5.74) is 0. The Bertz CT molecular complexity index is 880. The van der Waals surface area contributed by atoms with E-state index in [9.17, 15) is 4.79 Å². The molecule has 0 atom stereocenters. The van der Waals surface area contributed by atoms with Crippen molar-refractivity contribution in [1.29, 1.82) is 0 Å². The molecule has 9 nitrogen and oxygen atoms in total. The van der Waals surface area contributed by atoms with E-state index in [0.717, 1.165) is 11.6 Å². The van der Waals surface area contributed by atoms with E-state index in [2.05, 4.69) is 25.4 Å². The Balaban J connectivity index is 1.22. The molecule has 0 radical (unpaired) electrons. The molecule has 0 unspecified atom stereocenters. The van der Waals surface area contributed by atoms with Gasteiger partial charge in [0.2, 0.25) is 5.91 Å². The van der Waals surface area contributed by atoms with Crippen LogP contribution in [0.4, 0.5) is 5.82 Å². The third-order valence-corrected chi connectivity index (χ3v) is 4.28. The molecule has 1 aromatic carbocycles. The van der Waals surface area contributed by atoms with Gasteiger partial charge >= 0.3 is 0 Å². The molecule has 1 N–H and O–H groups in total. The fraction of sp³-hybridized carbons (Fsp3) is 0.278. The molecule has 1 amide bonds. The number of carbonyl (C=O) groups excluding carboxylic acids is 1. The Morgan fingerprint density at radius 1 is 1.15 bits per heavy atom. The van der Waals surface area contributed by atoms with Crippen molar-refractivity contribution in [3.8, 4) is 11.6 Å². The molecule has 4 rings (SSSR count). The van der Waals surface area contributed by atoms with Crippen LogP contribution in [0.1, 0.15) is 0 Å². The molecule has 0 saturated carbocycles. The van der Waals surface area contributed by atoms with E-state index >= 15 is 0 Å². The summed E-state index contributed by atoms with van der Waals surface area (Å²) in [6, 6.07) is 11.4. The van der Waals surface area contributed by atoms with Gasteiger partial charge < -0.3 is 15.0 Å². The van der Waals surface area contributed by atoms with Crippen LogP contribution in [0.3, 0.4) is 0 Å². The zero-order valence-electron chi connectivity index (χ0n) is 14.6. The molecule has 0 spiro atoms. The maximum absolute atomic E-state index is 12.2. The van der Waals surface area contributed by atoms with Crippen molar-refractivity contribution in [2.75, 3.05) is 31.1 Å². The van der Waals surface area contributed by atoms with Crippen LogP contribution < -0.4 is 15.0 Å². The number of carbonyl (C=O) groups is 1. The van der Waals surface area contributed by atoms with Gasteiger partial charge in [-0.05, 0) is 12.1 Å². The van der Waals surface area contributed by atoms with Crippen LogP contribution in [-0.4, -0.2) is 56.9 Å². The fourth-order valence-electron chi connectivity index (χ4n) is 2.80. The SMILES string of the molecule is O=C(NCCOc1ccccc1)C1CN(c2cc(-n3cncn3)ncn2)C1. The molecule has 2 aromatic heterocycles. The highest BCUT2D eigenvalue weighted by Gasteiger charge is 2.33. The summed E-state index contributed by atoms with van der Waals surface area (Å²) >= 11 is 0. The van der Waals surface area contributed by atoms with Crippen LogP contribution in [0.2, 0.25) is 0 Å². The zero-order chi connectivity index (χ0) is 18.5.